The van der Waals surface area contributed by atoms with Crippen LogP contribution in [0.5, 0.6) is 11.5 Å². The van der Waals surface area contributed by atoms with Crippen LogP contribution >= 0.6 is 0 Å². The van der Waals surface area contributed by atoms with Crippen molar-refractivity contribution in [2.24, 2.45) is 0 Å². The molecule has 6 heteroatoms. The largest absolute Gasteiger partial charge is 0.493 e. The van der Waals surface area contributed by atoms with E-state index in [-0.39, 0.29) is 5.91 Å². The normalized spacial score (nSPS) is 11.0. The number of anilines is 1. The van der Waals surface area contributed by atoms with Crippen LogP contribution in [0.2, 0.25) is 0 Å². The molecule has 0 fully saturated rings. The number of nitrogens with zero attached hydrogens (tertiary/aromatic N) is 2. The Kier molecular flexibility index (Phi) is 6.80. The molecule has 0 aliphatic rings. The maximum absolute atomic E-state index is 12.5. The van der Waals surface area contributed by atoms with E-state index < -0.39 is 0 Å². The summed E-state index contributed by atoms with van der Waals surface area (Å²) in [7, 11) is 3.15. The van der Waals surface area contributed by atoms with Crippen LogP contribution in [0, 0.1) is 27.7 Å². The van der Waals surface area contributed by atoms with Gasteiger partial charge in [0.1, 0.15) is 0 Å². The Labute approximate surface area is 183 Å². The zero-order valence-corrected chi connectivity index (χ0v) is 18.9. The number of aryl methyl sites for hydroxylation is 3. The molecule has 2 aromatic carbocycles. The number of rotatable bonds is 7. The van der Waals surface area contributed by atoms with E-state index in [1.165, 1.54) is 17.2 Å². The number of ether oxygens (including phenoxy) is 2. The number of benzene rings is 2. The van der Waals surface area contributed by atoms with Gasteiger partial charge in [-0.2, -0.15) is 5.10 Å². The van der Waals surface area contributed by atoms with E-state index in [0.29, 0.717) is 23.7 Å². The average molecular weight is 420 g/mol. The molecule has 1 heterocycles. The maximum atomic E-state index is 12.5. The molecule has 0 atom stereocenters. The van der Waals surface area contributed by atoms with Crippen LogP contribution in [0.4, 0.5) is 5.69 Å². The van der Waals surface area contributed by atoms with Crippen molar-refractivity contribution in [3.8, 4) is 11.5 Å². The number of aromatic nitrogens is 2. The highest BCUT2D eigenvalue weighted by Gasteiger charge is 2.12. The molecule has 0 radical (unpaired) electrons. The third-order valence-electron chi connectivity index (χ3n) is 5.28. The first kappa shape index (κ1) is 22.2. The van der Waals surface area contributed by atoms with Gasteiger partial charge in [0.25, 0.3) is 0 Å². The minimum atomic E-state index is -0.222. The van der Waals surface area contributed by atoms with Gasteiger partial charge < -0.3 is 14.8 Å². The molecule has 6 nitrogen and oxygen atoms in total. The summed E-state index contributed by atoms with van der Waals surface area (Å²) in [6, 6.07) is 12.0. The molecular formula is C25H29N3O3. The van der Waals surface area contributed by atoms with Gasteiger partial charge in [-0.15, -0.1) is 0 Å². The Morgan fingerprint density at radius 2 is 1.68 bits per heavy atom. The number of hydrogen-bond donors (Lipinski definition) is 1. The van der Waals surface area contributed by atoms with Gasteiger partial charge in [-0.25, -0.2) is 0 Å². The molecule has 3 rings (SSSR count). The SMILES string of the molecule is COc1cc(C)c(NC(=O)/C=C/c2c(C)nn(Cc3ccc(C)cc3)c2C)cc1OC. The molecular weight excluding hydrogens is 390 g/mol. The maximum Gasteiger partial charge on any atom is 0.248 e. The number of nitrogens with one attached hydrogen (secondary N) is 1. The highest BCUT2D eigenvalue weighted by Crippen LogP contribution is 2.32. The zero-order valence-electron chi connectivity index (χ0n) is 18.9. The van der Waals surface area contributed by atoms with E-state index in [2.05, 4.69) is 41.6 Å². The second-order valence-corrected chi connectivity index (χ2v) is 7.57. The van der Waals surface area contributed by atoms with E-state index >= 15 is 0 Å². The van der Waals surface area contributed by atoms with Crippen LogP contribution in [-0.4, -0.2) is 29.9 Å². The number of amides is 1. The van der Waals surface area contributed by atoms with Crippen molar-refractivity contribution >= 4 is 17.7 Å². The summed E-state index contributed by atoms with van der Waals surface area (Å²) in [4.78, 5) is 12.5. The van der Waals surface area contributed by atoms with Crippen LogP contribution in [0.3, 0.4) is 0 Å². The Bertz CT molecular complexity index is 1110. The van der Waals surface area contributed by atoms with E-state index in [1.807, 2.05) is 37.6 Å². The number of carbonyl (C=O) groups excluding carboxylic acids is 1. The minimum absolute atomic E-state index is 0.222. The van der Waals surface area contributed by atoms with Crippen molar-refractivity contribution in [1.82, 2.24) is 9.78 Å². The van der Waals surface area contributed by atoms with E-state index in [0.717, 1.165) is 22.5 Å². The smallest absolute Gasteiger partial charge is 0.248 e. The first-order chi connectivity index (χ1) is 14.8. The Morgan fingerprint density at radius 3 is 2.32 bits per heavy atom. The lowest BCUT2D eigenvalue weighted by molar-refractivity contribution is -0.111. The summed E-state index contributed by atoms with van der Waals surface area (Å²) in [6.45, 7) is 8.64. The standard InChI is InChI=1S/C25H29N3O3/c1-16-7-9-20(10-8-16)15-28-19(4)21(18(3)27-28)11-12-25(29)26-22-14-24(31-6)23(30-5)13-17(22)2/h7-14H,15H2,1-6H3,(H,26,29)/b12-11+. The lowest BCUT2D eigenvalue weighted by atomic mass is 10.1. The van der Waals surface area contributed by atoms with Crippen molar-refractivity contribution in [2.45, 2.75) is 34.2 Å². The molecule has 0 spiro atoms. The fourth-order valence-electron chi connectivity index (χ4n) is 3.42. The lowest BCUT2D eigenvalue weighted by Gasteiger charge is -2.12. The van der Waals surface area contributed by atoms with E-state index in [1.54, 1.807) is 20.3 Å². The van der Waals surface area contributed by atoms with E-state index in [4.69, 9.17) is 9.47 Å². The van der Waals surface area contributed by atoms with Gasteiger partial charge >= 0.3 is 0 Å². The molecule has 0 unspecified atom stereocenters. The molecule has 3 aromatic rings. The molecule has 0 saturated heterocycles. The molecule has 0 bridgehead atoms. The molecule has 0 saturated carbocycles. The number of carbonyl (C=O) groups is 1. The van der Waals surface area contributed by atoms with Crippen LogP contribution in [0.15, 0.2) is 42.5 Å². The number of methoxy groups -OCH3 is 2. The molecule has 0 aliphatic carbocycles. The second kappa shape index (κ2) is 9.51. The van der Waals surface area contributed by atoms with Crippen molar-refractivity contribution < 1.29 is 14.3 Å². The molecule has 0 aliphatic heterocycles. The summed E-state index contributed by atoms with van der Waals surface area (Å²) in [6.07, 6.45) is 3.35. The molecule has 1 aromatic heterocycles. The fraction of sp³-hybridized carbons (Fsp3) is 0.280. The summed E-state index contributed by atoms with van der Waals surface area (Å²) >= 11 is 0. The van der Waals surface area contributed by atoms with Crippen LogP contribution in [-0.2, 0) is 11.3 Å². The summed E-state index contributed by atoms with van der Waals surface area (Å²) in [5.74, 6) is 0.970. The average Bonchev–Trinajstić information content (AvgIpc) is 3.01. The lowest BCUT2D eigenvalue weighted by Crippen LogP contribution is -2.09. The molecule has 162 valence electrons. The molecule has 1 N–H and O–H groups in total. The van der Waals surface area contributed by atoms with Gasteiger partial charge in [0.05, 0.1) is 26.5 Å². The predicted octanol–water partition coefficient (Wildman–Crippen LogP) is 4.83. The third kappa shape index (κ3) is 5.15. The van der Waals surface area contributed by atoms with Crippen molar-refractivity contribution in [1.29, 1.82) is 0 Å². The Hall–Kier alpha value is -3.54. The van der Waals surface area contributed by atoms with Crippen molar-refractivity contribution in [3.05, 3.63) is 76.1 Å². The third-order valence-corrected chi connectivity index (χ3v) is 5.28. The van der Waals surface area contributed by atoms with Gasteiger partial charge in [-0.05, 0) is 51.0 Å². The first-order valence-electron chi connectivity index (χ1n) is 10.1. The van der Waals surface area contributed by atoms with E-state index in [9.17, 15) is 4.79 Å². The highest BCUT2D eigenvalue weighted by atomic mass is 16.5. The quantitative estimate of drug-likeness (QED) is 0.557. The van der Waals surface area contributed by atoms with Crippen LogP contribution < -0.4 is 14.8 Å². The van der Waals surface area contributed by atoms with Gasteiger partial charge in [0, 0.05) is 29.1 Å². The highest BCUT2D eigenvalue weighted by molar-refractivity contribution is 6.02. The van der Waals surface area contributed by atoms with Gasteiger partial charge in [-0.1, -0.05) is 29.8 Å². The van der Waals surface area contributed by atoms with Gasteiger partial charge in [0.2, 0.25) is 5.91 Å². The van der Waals surface area contributed by atoms with Crippen molar-refractivity contribution in [3.63, 3.8) is 0 Å². The Morgan fingerprint density at radius 1 is 1.03 bits per heavy atom. The zero-order chi connectivity index (χ0) is 22.5. The fourth-order valence-corrected chi connectivity index (χ4v) is 3.42. The second-order valence-electron chi connectivity index (χ2n) is 7.57. The first-order valence-corrected chi connectivity index (χ1v) is 10.1. The number of hydrogen-bond acceptors (Lipinski definition) is 4. The summed E-state index contributed by atoms with van der Waals surface area (Å²) < 4.78 is 12.6. The molecule has 31 heavy (non-hydrogen) atoms. The van der Waals surface area contributed by atoms with Crippen LogP contribution in [0.25, 0.3) is 6.08 Å². The Balaban J connectivity index is 1.75. The molecule has 1 amide bonds. The van der Waals surface area contributed by atoms with Gasteiger partial charge in [-0.3, -0.25) is 9.48 Å². The predicted molar refractivity (Wildman–Crippen MR) is 124 cm³/mol. The topological polar surface area (TPSA) is 65.4 Å². The van der Waals surface area contributed by atoms with Crippen molar-refractivity contribution in [2.75, 3.05) is 19.5 Å². The summed E-state index contributed by atoms with van der Waals surface area (Å²) in [5, 5.41) is 7.56. The minimum Gasteiger partial charge on any atom is -0.493 e. The van der Waals surface area contributed by atoms with Gasteiger partial charge in [0.15, 0.2) is 11.5 Å². The summed E-state index contributed by atoms with van der Waals surface area (Å²) in [5.41, 5.74) is 6.84. The van der Waals surface area contributed by atoms with Crippen LogP contribution in [0.1, 0.15) is 33.6 Å². The monoisotopic (exact) mass is 419 g/mol.